The van der Waals surface area contributed by atoms with Crippen LogP contribution in [0.3, 0.4) is 0 Å². The first kappa shape index (κ1) is 14.5. The highest BCUT2D eigenvalue weighted by Crippen LogP contribution is 2.44. The van der Waals surface area contributed by atoms with Gasteiger partial charge in [0.15, 0.2) is 22.1 Å². The quantitative estimate of drug-likeness (QED) is 0.228. The van der Waals surface area contributed by atoms with Gasteiger partial charge in [-0.1, -0.05) is 36.0 Å². The maximum atomic E-state index is 14.5. The van der Waals surface area contributed by atoms with Gasteiger partial charge in [0.05, 0.1) is 32.2 Å². The van der Waals surface area contributed by atoms with Crippen LogP contribution in [0.15, 0.2) is 23.4 Å². The molecule has 0 bridgehead atoms. The second-order valence-electron chi connectivity index (χ2n) is 7.66. The van der Waals surface area contributed by atoms with Crippen molar-refractivity contribution in [1.29, 1.82) is 0 Å². The first-order valence-electron chi connectivity index (χ1n) is 16.9. The third-order valence-corrected chi connectivity index (χ3v) is 5.97. The van der Waals surface area contributed by atoms with Crippen LogP contribution in [0.25, 0.3) is 11.2 Å². The molecule has 0 aliphatic heterocycles. The van der Waals surface area contributed by atoms with Crippen molar-refractivity contribution in [2.45, 2.75) is 74.3 Å². The fraction of sp³-hybridized carbons (Fsp3) is 0.583. The lowest BCUT2D eigenvalue weighted by molar-refractivity contribution is -0.0629. The molecule has 2 aliphatic rings. The number of fused-ring (bicyclic) bond motifs is 1. The smallest absolute Gasteiger partial charge is 0.191 e. The van der Waals surface area contributed by atoms with E-state index in [0.29, 0.717) is 11.8 Å². The van der Waals surface area contributed by atoms with Gasteiger partial charge < -0.3 is 25.4 Å². The second-order valence-corrected chi connectivity index (χ2v) is 8.52. The summed E-state index contributed by atoms with van der Waals surface area (Å²) >= 11 is 0.396. The highest BCUT2D eigenvalue weighted by Gasteiger charge is 2.45. The third kappa shape index (κ3) is 4.92. The summed E-state index contributed by atoms with van der Waals surface area (Å²) in [5.74, 6) is -3.81. The first-order valence-corrected chi connectivity index (χ1v) is 11.7. The lowest BCUT2D eigenvalue weighted by Gasteiger charge is -2.17. The molecule has 5 rings (SSSR count). The summed E-state index contributed by atoms with van der Waals surface area (Å²) in [5.41, 5.74) is -3.40. The molecule has 36 heavy (non-hydrogen) atoms. The highest BCUT2D eigenvalue weighted by atomic mass is 32.2. The Labute approximate surface area is 229 Å². The molecule has 1 aromatic carbocycles. The average Bonchev–Trinajstić information content (AvgIpc) is 3.27. The summed E-state index contributed by atoms with van der Waals surface area (Å²) in [7, 11) is 0. The van der Waals surface area contributed by atoms with Crippen molar-refractivity contribution < 1.29 is 40.9 Å². The zero-order valence-corrected chi connectivity index (χ0v) is 19.9. The normalized spacial score (nSPS) is 47.9. The van der Waals surface area contributed by atoms with Crippen LogP contribution in [0.5, 0.6) is 0 Å². The Morgan fingerprint density at radius 3 is 2.92 bits per heavy atom. The molecule has 3 aromatic rings. The van der Waals surface area contributed by atoms with Gasteiger partial charge in [0.1, 0.15) is 18.0 Å². The minimum absolute atomic E-state index is 0.105. The predicted molar refractivity (Wildman–Crippen MR) is 133 cm³/mol. The highest BCUT2D eigenvalue weighted by molar-refractivity contribution is 7.99. The Bertz CT molecular complexity index is 1790. The summed E-state index contributed by atoms with van der Waals surface area (Å²) < 4.78 is 123. The molecule has 12 heteroatoms. The van der Waals surface area contributed by atoms with E-state index in [9.17, 15) is 19.7 Å². The molecule has 194 valence electrons. The molecule has 6 atom stereocenters. The number of aliphatic hydroxyl groups is 3. The lowest BCUT2D eigenvalue weighted by atomic mass is 10.1. The second kappa shape index (κ2) is 10.5. The number of aromatic nitrogens is 5. The molecule has 0 amide bonds. The largest absolute Gasteiger partial charge is 0.394 e. The van der Waals surface area contributed by atoms with E-state index in [4.69, 9.17) is 21.2 Å². The van der Waals surface area contributed by atoms with Gasteiger partial charge in [0.2, 0.25) is 0 Å². The van der Waals surface area contributed by atoms with Crippen molar-refractivity contribution in [3.05, 3.63) is 35.1 Å². The maximum Gasteiger partial charge on any atom is 0.191 e. The molecular formula is C24H31FN6O4S. The number of benzene rings is 1. The van der Waals surface area contributed by atoms with Gasteiger partial charge in [0.25, 0.3) is 0 Å². The number of hydrogen-bond donors (Lipinski definition) is 4. The van der Waals surface area contributed by atoms with Crippen molar-refractivity contribution in [2.75, 3.05) is 24.2 Å². The van der Waals surface area contributed by atoms with Gasteiger partial charge in [-0.2, -0.15) is 0 Å². The predicted octanol–water partition coefficient (Wildman–Crippen LogP) is 2.18. The van der Waals surface area contributed by atoms with Crippen LogP contribution in [0.1, 0.15) is 65.6 Å². The van der Waals surface area contributed by atoms with E-state index in [1.807, 2.05) is 0 Å². The summed E-state index contributed by atoms with van der Waals surface area (Å²) in [4.78, 5) is 8.25. The molecule has 2 heterocycles. The van der Waals surface area contributed by atoms with E-state index in [2.05, 4.69) is 25.6 Å². The van der Waals surface area contributed by atoms with E-state index >= 15 is 0 Å². The fourth-order valence-electron chi connectivity index (χ4n) is 3.34. The van der Waals surface area contributed by atoms with Gasteiger partial charge in [-0.3, -0.25) is 0 Å². The third-order valence-electron chi connectivity index (χ3n) is 5.17. The summed E-state index contributed by atoms with van der Waals surface area (Å²) in [6.45, 7) is 1.25. The number of rotatable bonds is 10. The zero-order chi connectivity index (χ0) is 36.3. The fourth-order valence-corrected chi connectivity index (χ4v) is 3.88. The van der Waals surface area contributed by atoms with Crippen molar-refractivity contribution in [1.82, 2.24) is 25.0 Å². The topological polar surface area (TPSA) is 138 Å². The van der Waals surface area contributed by atoms with Crippen LogP contribution < -0.4 is 5.32 Å². The van der Waals surface area contributed by atoms with Crippen LogP contribution in [0, 0.1) is 12.7 Å². The molecule has 0 unspecified atom stereocenters. The Kier molecular flexibility index (Phi) is 4.25. The molecule has 0 radical (unpaired) electrons. The number of hydrogen-bond acceptors (Lipinski definition) is 10. The van der Waals surface area contributed by atoms with Crippen molar-refractivity contribution in [3.8, 4) is 0 Å². The standard InChI is InChI=1S/C24H31FN6O4S/c1-3-8-36-24-27-22(26-16-10-14(16)13-5-4-12(2)15(25)9-13)19-23(28-24)31(30-29-19)17-11-18(35-7-6-32)21(34)20(17)33/h4-5,9,14,16-18,20-21,32-34H,3,6-8,10-11H2,1-2H3,(H,26,27,28)/t14-,16+,17+,18-,20-,21+/m0/s1/i8D2,10D2,11D2,14D,16D,17D,18D,20D,21D. The van der Waals surface area contributed by atoms with Crippen molar-refractivity contribution in [3.63, 3.8) is 0 Å². The Morgan fingerprint density at radius 1 is 1.33 bits per heavy atom. The number of nitrogens with one attached hydrogen (secondary N) is 1. The van der Waals surface area contributed by atoms with Crippen molar-refractivity contribution >= 4 is 28.7 Å². The molecule has 4 N–H and O–H groups in total. The van der Waals surface area contributed by atoms with E-state index in [0.717, 1.165) is 6.07 Å². The Hall–Kier alpha value is -2.38. The van der Waals surface area contributed by atoms with E-state index in [1.54, 1.807) is 0 Å². The number of ether oxygens (including phenoxy) is 1. The first-order chi connectivity index (χ1) is 21.8. The molecule has 2 fully saturated rings. The van der Waals surface area contributed by atoms with E-state index in [-0.39, 0.29) is 22.2 Å². The molecule has 10 nitrogen and oxygen atoms in total. The van der Waals surface area contributed by atoms with E-state index in [1.165, 1.54) is 26.0 Å². The number of aliphatic hydroxyl groups excluding tert-OH is 1. The number of anilines is 1. The molecule has 2 aliphatic carbocycles. The van der Waals surface area contributed by atoms with Gasteiger partial charge in [0, 0.05) is 33.6 Å². The van der Waals surface area contributed by atoms with Crippen LogP contribution in [0.4, 0.5) is 10.2 Å². The summed E-state index contributed by atoms with van der Waals surface area (Å²) in [6.07, 6.45) is -18.1. The molecule has 2 aromatic heterocycles. The number of halogens is 1. The zero-order valence-electron chi connectivity index (χ0n) is 31.1. The van der Waals surface area contributed by atoms with E-state index < -0.39 is 95.8 Å². The number of aryl methyl sites for hydroxylation is 1. The SMILES string of the molecule is [2H]C([2H])(CC)Sc1nc(N[C@]2([2H])C([2H])([2H])[C@@]2([2H])c2ccc(C)c(F)c2)c2nnn([C@]3([2H])C([2H])([2H])[C@]([2H])(OCCO)[C@@]([2H])(O)[C@@]3([2H])O)c2n1. The van der Waals surface area contributed by atoms with Crippen LogP contribution >= 0.6 is 11.8 Å². The molecule has 0 spiro atoms. The number of nitrogens with zero attached hydrogens (tertiary/aromatic N) is 5. The molecule has 0 saturated heterocycles. The minimum Gasteiger partial charge on any atom is -0.394 e. The van der Waals surface area contributed by atoms with Gasteiger partial charge in [-0.15, -0.1) is 5.10 Å². The van der Waals surface area contributed by atoms with Crippen LogP contribution in [0.2, 0.25) is 0 Å². The lowest BCUT2D eigenvalue weighted by Crippen LogP contribution is -2.33. The van der Waals surface area contributed by atoms with Gasteiger partial charge >= 0.3 is 0 Å². The van der Waals surface area contributed by atoms with Crippen LogP contribution in [-0.2, 0) is 4.74 Å². The minimum atomic E-state index is -4.00. The Morgan fingerprint density at radius 2 is 2.17 bits per heavy atom. The molecular weight excluding hydrogens is 487 g/mol. The monoisotopic (exact) mass is 530 g/mol. The van der Waals surface area contributed by atoms with Crippen molar-refractivity contribution in [2.24, 2.45) is 0 Å². The van der Waals surface area contributed by atoms with Crippen LogP contribution in [-0.4, -0.2) is 83.5 Å². The summed E-state index contributed by atoms with van der Waals surface area (Å²) in [6, 6.07) is -2.84. The number of thioether (sulfide) groups is 1. The maximum absolute atomic E-state index is 14.5. The van der Waals surface area contributed by atoms with Gasteiger partial charge in [-0.05, 0) is 36.9 Å². The Balaban J connectivity index is 1.74. The average molecular weight is 531 g/mol. The van der Waals surface area contributed by atoms with Gasteiger partial charge in [-0.25, -0.2) is 19.0 Å². The summed E-state index contributed by atoms with van der Waals surface area (Å²) in [5, 5.41) is 40.7. The molecule has 2 saturated carbocycles.